The van der Waals surface area contributed by atoms with E-state index in [0.29, 0.717) is 18.4 Å². The highest BCUT2D eigenvalue weighted by Crippen LogP contribution is 2.61. The van der Waals surface area contributed by atoms with E-state index in [0.717, 1.165) is 6.20 Å². The predicted octanol–water partition coefficient (Wildman–Crippen LogP) is 2.13. The first-order valence-electron chi connectivity index (χ1n) is 11.6. The second-order valence-electron chi connectivity index (χ2n) is 8.85. The lowest BCUT2D eigenvalue weighted by Gasteiger charge is -2.40. The molecule has 1 fully saturated rings. The summed E-state index contributed by atoms with van der Waals surface area (Å²) in [6.45, 7) is 6.74. The van der Waals surface area contributed by atoms with Gasteiger partial charge in [0.25, 0.3) is 5.56 Å². The first-order chi connectivity index (χ1) is 16.4. The molecule has 0 spiro atoms. The molecule has 14 heteroatoms. The summed E-state index contributed by atoms with van der Waals surface area (Å²) >= 11 is 5.29. The van der Waals surface area contributed by atoms with Crippen molar-refractivity contribution in [3.05, 3.63) is 27.5 Å². The molecule has 1 aliphatic heterocycles. The lowest BCUT2D eigenvalue weighted by Crippen LogP contribution is -2.42. The predicted molar refractivity (Wildman–Crippen MR) is 129 cm³/mol. The van der Waals surface area contributed by atoms with E-state index in [-0.39, 0.29) is 29.7 Å². The highest BCUT2D eigenvalue weighted by Gasteiger charge is 2.52. The number of fused-ring (bicyclic) bond motifs is 1. The first kappa shape index (κ1) is 28.0. The molecule has 196 valence electrons. The van der Waals surface area contributed by atoms with Crippen molar-refractivity contribution >= 4 is 31.0 Å². The second kappa shape index (κ2) is 10.4. The van der Waals surface area contributed by atoms with Gasteiger partial charge in [-0.25, -0.2) is 4.98 Å². The Balaban J connectivity index is 1.90. The number of aliphatic hydroxyl groups excluding tert-OH is 2. The summed E-state index contributed by atoms with van der Waals surface area (Å²) in [6, 6.07) is 0. The highest BCUT2D eigenvalue weighted by molar-refractivity contribution is 7.71. The van der Waals surface area contributed by atoms with Crippen LogP contribution in [0.15, 0.2) is 17.2 Å². The van der Waals surface area contributed by atoms with E-state index in [4.69, 9.17) is 21.5 Å². The van der Waals surface area contributed by atoms with Crippen LogP contribution in [0.3, 0.4) is 0 Å². The van der Waals surface area contributed by atoms with Crippen molar-refractivity contribution in [2.75, 3.05) is 0 Å². The minimum atomic E-state index is -4.49. The molecule has 0 bridgehead atoms. The fraction of sp³-hybridized carbons (Fsp3) is 0.714. The van der Waals surface area contributed by atoms with Crippen molar-refractivity contribution in [1.29, 1.82) is 0 Å². The Morgan fingerprint density at radius 2 is 1.83 bits per heavy atom. The zero-order valence-electron chi connectivity index (χ0n) is 20.1. The van der Waals surface area contributed by atoms with Gasteiger partial charge in [0.1, 0.15) is 17.7 Å². The van der Waals surface area contributed by atoms with Crippen LogP contribution in [0.5, 0.6) is 0 Å². The Morgan fingerprint density at radius 1 is 1.20 bits per heavy atom. The molecule has 0 aliphatic carbocycles. The number of nitrogens with zero attached hydrogens (tertiary/aromatic N) is 3. The number of ether oxygens (including phenoxy) is 1. The molecule has 2 aromatic heterocycles. The number of nitrogens with one attached hydrogen (secondary N) is 1. The molecule has 0 radical (unpaired) electrons. The molecule has 5 unspecified atom stereocenters. The topological polar surface area (TPSA) is 180 Å². The van der Waals surface area contributed by atoms with Gasteiger partial charge in [-0.2, -0.15) is 4.98 Å². The van der Waals surface area contributed by atoms with Gasteiger partial charge in [-0.3, -0.25) is 18.5 Å². The molecular weight excluding hydrogens is 499 g/mol. The molecule has 0 amide bonds. The Morgan fingerprint density at radius 3 is 2.40 bits per heavy atom. The van der Waals surface area contributed by atoms with E-state index in [1.165, 1.54) is 10.8 Å². The van der Waals surface area contributed by atoms with Gasteiger partial charge >= 0.3 is 7.60 Å². The first-order valence-corrected chi connectivity index (χ1v) is 13.6. The molecule has 3 rings (SSSR count). The molecule has 3 heterocycles. The molecule has 2 aromatic rings. The smallest absolute Gasteiger partial charge is 0.359 e. The van der Waals surface area contributed by atoms with Gasteiger partial charge in [-0.15, -0.1) is 0 Å². The third kappa shape index (κ3) is 5.28. The van der Waals surface area contributed by atoms with Gasteiger partial charge in [0, 0.05) is 12.6 Å². The van der Waals surface area contributed by atoms with Crippen LogP contribution in [-0.4, -0.2) is 69.0 Å². The lowest BCUT2D eigenvalue weighted by atomic mass is 9.88. The minimum Gasteiger partial charge on any atom is -0.388 e. The fourth-order valence-electron chi connectivity index (χ4n) is 4.30. The van der Waals surface area contributed by atoms with Crippen molar-refractivity contribution in [1.82, 2.24) is 19.5 Å². The molecule has 1 saturated heterocycles. The Labute approximate surface area is 207 Å². The number of H-pyrrole nitrogens is 1. The summed E-state index contributed by atoms with van der Waals surface area (Å²) in [4.78, 5) is 32.8. The van der Waals surface area contributed by atoms with E-state index in [9.17, 15) is 29.6 Å². The summed E-state index contributed by atoms with van der Waals surface area (Å²) in [7, 11) is -4.49. The van der Waals surface area contributed by atoms with Gasteiger partial charge in [0.05, 0.1) is 17.9 Å². The Hall–Kier alpha value is -1.57. The van der Waals surface area contributed by atoms with Crippen LogP contribution in [0.1, 0.15) is 66.0 Å². The lowest BCUT2D eigenvalue weighted by molar-refractivity contribution is -0.0776. The van der Waals surface area contributed by atoms with E-state index in [1.807, 2.05) is 0 Å². The number of hydrogen-bond acceptors (Lipinski definition) is 10. The molecule has 0 aromatic carbocycles. The monoisotopic (exact) mass is 532 g/mol. The van der Waals surface area contributed by atoms with Gasteiger partial charge < -0.3 is 29.9 Å². The third-order valence-corrected chi connectivity index (χ3v) is 9.57. The highest BCUT2D eigenvalue weighted by atomic mass is 32.1. The quantitative estimate of drug-likeness (QED) is 0.223. The number of hydrogen-bond donors (Lipinski definition) is 5. The third-order valence-electron chi connectivity index (χ3n) is 6.94. The molecular formula is C21H33N4O8PS. The zero-order valence-corrected chi connectivity index (χ0v) is 21.8. The fourth-order valence-corrected chi connectivity index (χ4v) is 6.38. The van der Waals surface area contributed by atoms with Gasteiger partial charge in [-0.05, 0) is 37.9 Å². The molecule has 12 nitrogen and oxygen atoms in total. The largest absolute Gasteiger partial charge is 0.388 e. The van der Waals surface area contributed by atoms with Crippen LogP contribution >= 0.6 is 19.8 Å². The average Bonchev–Trinajstić information content (AvgIpc) is 3.10. The Kier molecular flexibility index (Phi) is 8.34. The summed E-state index contributed by atoms with van der Waals surface area (Å²) in [5, 5.41) is 30.3. The van der Waals surface area contributed by atoms with Crippen molar-refractivity contribution in [2.45, 2.75) is 95.3 Å². The number of aromatic nitrogens is 4. The van der Waals surface area contributed by atoms with E-state index in [1.54, 1.807) is 27.7 Å². The molecule has 5 N–H and O–H groups in total. The summed E-state index contributed by atoms with van der Waals surface area (Å²) < 4.78 is 26.2. The van der Waals surface area contributed by atoms with Crippen molar-refractivity contribution in [3.63, 3.8) is 0 Å². The van der Waals surface area contributed by atoms with Crippen LogP contribution in [-0.2, 0) is 13.8 Å². The number of aliphatic hydroxyl groups is 3. The normalized spacial score (nSPS) is 25.1. The SMILES string of the molecule is CCC(CC)(CC1OC(n2cc3ncc(=O)[nH]c3nc2=S)C(O)C1O)OP(=O)(O)C(O)(CC)CC. The molecule has 35 heavy (non-hydrogen) atoms. The van der Waals surface area contributed by atoms with E-state index < -0.39 is 48.6 Å². The van der Waals surface area contributed by atoms with Crippen LogP contribution < -0.4 is 5.56 Å². The average molecular weight is 533 g/mol. The minimum absolute atomic E-state index is 0.0117. The molecule has 0 saturated carbocycles. The second-order valence-corrected chi connectivity index (χ2v) is 11.3. The van der Waals surface area contributed by atoms with Gasteiger partial charge in [0.15, 0.2) is 17.2 Å². The summed E-state index contributed by atoms with van der Waals surface area (Å²) in [6.07, 6.45) is -1.72. The standard InChI is InChI=1S/C21H33N4O8PS/c1-5-20(6-2,33-34(30,31)21(29,7-3)8-4)9-13-15(27)16(28)18(32-13)25-11-12-17(24-19(25)35)23-14(26)10-22-12/h10-11,13,15-16,18,27-29H,5-9H2,1-4H3,(H,30,31)(H,23,24,26,35). The maximum absolute atomic E-state index is 13.1. The van der Waals surface area contributed by atoms with Gasteiger partial charge in [0.2, 0.25) is 4.77 Å². The van der Waals surface area contributed by atoms with Crippen LogP contribution in [0.25, 0.3) is 11.2 Å². The van der Waals surface area contributed by atoms with Crippen molar-refractivity contribution < 1.29 is 34.0 Å². The van der Waals surface area contributed by atoms with Crippen molar-refractivity contribution in [3.8, 4) is 0 Å². The number of aromatic amines is 1. The Bertz CT molecular complexity index is 1210. The van der Waals surface area contributed by atoms with Gasteiger partial charge in [-0.1, -0.05) is 27.7 Å². The van der Waals surface area contributed by atoms with Crippen LogP contribution in [0, 0.1) is 4.77 Å². The molecule has 5 atom stereocenters. The summed E-state index contributed by atoms with van der Waals surface area (Å²) in [5.41, 5.74) is -1.19. The number of rotatable bonds is 10. The molecule has 1 aliphatic rings. The maximum atomic E-state index is 13.1. The summed E-state index contributed by atoms with van der Waals surface area (Å²) in [5.74, 6) is 0. The zero-order chi connectivity index (χ0) is 26.2. The van der Waals surface area contributed by atoms with Crippen LogP contribution in [0.2, 0.25) is 0 Å². The van der Waals surface area contributed by atoms with Crippen molar-refractivity contribution in [2.24, 2.45) is 0 Å². The maximum Gasteiger partial charge on any atom is 0.359 e. The van der Waals surface area contributed by atoms with E-state index in [2.05, 4.69) is 15.0 Å². The van der Waals surface area contributed by atoms with Crippen LogP contribution in [0.4, 0.5) is 0 Å². The van der Waals surface area contributed by atoms with E-state index >= 15 is 0 Å².